The van der Waals surface area contributed by atoms with E-state index in [0.717, 1.165) is 5.69 Å². The number of hydrogen-bond donors (Lipinski definition) is 1. The number of benzene rings is 1. The van der Waals surface area contributed by atoms with Gasteiger partial charge in [0.1, 0.15) is 17.5 Å². The Morgan fingerprint density at radius 2 is 1.84 bits per heavy atom. The minimum Gasteiger partial charge on any atom is -0.497 e. The van der Waals surface area contributed by atoms with Gasteiger partial charge in [-0.1, -0.05) is 13.8 Å². The highest BCUT2D eigenvalue weighted by Crippen LogP contribution is 2.30. The summed E-state index contributed by atoms with van der Waals surface area (Å²) in [5, 5.41) is 3.14. The molecule has 0 aliphatic heterocycles. The average molecular weight is 267 g/mol. The molecule has 0 fully saturated rings. The van der Waals surface area contributed by atoms with Crippen LogP contribution in [-0.2, 0) is 9.53 Å². The molecule has 106 valence electrons. The fourth-order valence-electron chi connectivity index (χ4n) is 1.71. The van der Waals surface area contributed by atoms with Crippen LogP contribution in [0.3, 0.4) is 0 Å². The molecule has 1 aromatic rings. The van der Waals surface area contributed by atoms with E-state index in [-0.39, 0.29) is 11.9 Å². The normalized spacial score (nSPS) is 11.9. The fourth-order valence-corrected chi connectivity index (χ4v) is 1.71. The fraction of sp³-hybridized carbons (Fsp3) is 0.500. The predicted octanol–water partition coefficient (Wildman–Crippen LogP) is 2.31. The Bertz CT molecular complexity index is 431. The quantitative estimate of drug-likeness (QED) is 0.802. The lowest BCUT2D eigenvalue weighted by Gasteiger charge is -2.22. The monoisotopic (exact) mass is 267 g/mol. The molecule has 5 heteroatoms. The lowest BCUT2D eigenvalue weighted by atomic mass is 10.0. The summed E-state index contributed by atoms with van der Waals surface area (Å²) in [6.45, 7) is 3.90. The van der Waals surface area contributed by atoms with Crippen molar-refractivity contribution < 1.29 is 19.0 Å². The van der Waals surface area contributed by atoms with Gasteiger partial charge in [-0.3, -0.25) is 0 Å². The third-order valence-electron chi connectivity index (χ3n) is 2.84. The van der Waals surface area contributed by atoms with E-state index < -0.39 is 6.04 Å². The first kappa shape index (κ1) is 15.1. The van der Waals surface area contributed by atoms with Crippen LogP contribution < -0.4 is 14.8 Å². The Balaban J connectivity index is 2.99. The number of carbonyl (C=O) groups is 1. The first-order chi connectivity index (χ1) is 9.03. The van der Waals surface area contributed by atoms with E-state index in [1.807, 2.05) is 19.9 Å². The van der Waals surface area contributed by atoms with Gasteiger partial charge in [-0.15, -0.1) is 0 Å². The molecule has 1 rings (SSSR count). The van der Waals surface area contributed by atoms with Crippen LogP contribution in [0.2, 0.25) is 0 Å². The van der Waals surface area contributed by atoms with Crippen molar-refractivity contribution in [3.8, 4) is 11.5 Å². The zero-order valence-electron chi connectivity index (χ0n) is 12.0. The second-order valence-electron chi connectivity index (χ2n) is 4.46. The summed E-state index contributed by atoms with van der Waals surface area (Å²) in [7, 11) is 4.54. The molecule has 0 amide bonds. The van der Waals surface area contributed by atoms with E-state index in [4.69, 9.17) is 14.2 Å². The van der Waals surface area contributed by atoms with Gasteiger partial charge >= 0.3 is 5.97 Å². The van der Waals surface area contributed by atoms with E-state index in [0.29, 0.717) is 11.5 Å². The van der Waals surface area contributed by atoms with Crippen LogP contribution in [0.15, 0.2) is 18.2 Å². The molecular formula is C14H21NO4. The Morgan fingerprint density at radius 1 is 1.16 bits per heavy atom. The molecule has 0 aliphatic carbocycles. The first-order valence-corrected chi connectivity index (χ1v) is 6.09. The number of hydrogen-bond acceptors (Lipinski definition) is 5. The van der Waals surface area contributed by atoms with E-state index >= 15 is 0 Å². The molecule has 0 aromatic heterocycles. The minimum absolute atomic E-state index is 0.0965. The highest BCUT2D eigenvalue weighted by molar-refractivity contribution is 5.80. The molecule has 0 radical (unpaired) electrons. The molecule has 0 saturated heterocycles. The predicted molar refractivity (Wildman–Crippen MR) is 73.8 cm³/mol. The molecule has 0 aliphatic rings. The molecule has 0 saturated carbocycles. The van der Waals surface area contributed by atoms with Crippen molar-refractivity contribution in [3.05, 3.63) is 18.2 Å². The molecule has 0 unspecified atom stereocenters. The molecular weight excluding hydrogens is 246 g/mol. The molecule has 1 aromatic carbocycles. The van der Waals surface area contributed by atoms with Gasteiger partial charge in [0.2, 0.25) is 0 Å². The van der Waals surface area contributed by atoms with E-state index in [1.54, 1.807) is 26.4 Å². The summed E-state index contributed by atoms with van der Waals surface area (Å²) < 4.78 is 15.2. The van der Waals surface area contributed by atoms with Crippen LogP contribution in [0, 0.1) is 5.92 Å². The largest absolute Gasteiger partial charge is 0.497 e. The van der Waals surface area contributed by atoms with E-state index in [1.165, 1.54) is 7.11 Å². The van der Waals surface area contributed by atoms with Crippen molar-refractivity contribution in [2.45, 2.75) is 19.9 Å². The number of nitrogens with one attached hydrogen (secondary N) is 1. The number of methoxy groups -OCH3 is 3. The van der Waals surface area contributed by atoms with Crippen molar-refractivity contribution in [1.82, 2.24) is 0 Å². The van der Waals surface area contributed by atoms with Crippen LogP contribution in [-0.4, -0.2) is 33.3 Å². The lowest BCUT2D eigenvalue weighted by Crippen LogP contribution is -2.35. The van der Waals surface area contributed by atoms with Gasteiger partial charge in [0.05, 0.1) is 27.0 Å². The number of rotatable bonds is 6. The summed E-state index contributed by atoms with van der Waals surface area (Å²) >= 11 is 0. The Morgan fingerprint density at radius 3 is 2.32 bits per heavy atom. The van der Waals surface area contributed by atoms with Gasteiger partial charge in [0.15, 0.2) is 0 Å². The average Bonchev–Trinajstić information content (AvgIpc) is 2.43. The van der Waals surface area contributed by atoms with E-state index in [9.17, 15) is 4.79 Å². The standard InChI is InChI=1S/C14H21NO4/c1-9(2)13(14(16)19-5)15-11-7-6-10(17-3)8-12(11)18-4/h6-9,13,15H,1-5H3/t13-/m0/s1. The first-order valence-electron chi connectivity index (χ1n) is 6.09. The third kappa shape index (κ3) is 3.77. The van der Waals surface area contributed by atoms with Crippen molar-refractivity contribution in [2.24, 2.45) is 5.92 Å². The molecule has 0 spiro atoms. The molecule has 5 nitrogen and oxygen atoms in total. The summed E-state index contributed by atoms with van der Waals surface area (Å²) in [4.78, 5) is 11.7. The maximum absolute atomic E-state index is 11.7. The zero-order valence-corrected chi connectivity index (χ0v) is 12.0. The van der Waals surface area contributed by atoms with Crippen molar-refractivity contribution >= 4 is 11.7 Å². The van der Waals surface area contributed by atoms with Gasteiger partial charge in [-0.25, -0.2) is 4.79 Å². The maximum Gasteiger partial charge on any atom is 0.328 e. The van der Waals surface area contributed by atoms with Gasteiger partial charge in [0.25, 0.3) is 0 Å². The van der Waals surface area contributed by atoms with Crippen molar-refractivity contribution in [1.29, 1.82) is 0 Å². The topological polar surface area (TPSA) is 56.8 Å². The Hall–Kier alpha value is -1.91. The molecule has 19 heavy (non-hydrogen) atoms. The smallest absolute Gasteiger partial charge is 0.328 e. The number of esters is 1. The maximum atomic E-state index is 11.7. The SMILES string of the molecule is COC(=O)[C@@H](Nc1ccc(OC)cc1OC)C(C)C. The third-order valence-corrected chi connectivity index (χ3v) is 2.84. The zero-order chi connectivity index (χ0) is 14.4. The Labute approximate surface area is 113 Å². The highest BCUT2D eigenvalue weighted by atomic mass is 16.5. The van der Waals surface area contributed by atoms with Crippen molar-refractivity contribution in [2.75, 3.05) is 26.6 Å². The molecule has 0 heterocycles. The van der Waals surface area contributed by atoms with Gasteiger partial charge in [-0.05, 0) is 18.1 Å². The molecule has 1 atom stereocenters. The summed E-state index contributed by atoms with van der Waals surface area (Å²) in [6, 6.07) is 4.96. The number of ether oxygens (including phenoxy) is 3. The highest BCUT2D eigenvalue weighted by Gasteiger charge is 2.23. The summed E-state index contributed by atoms with van der Waals surface area (Å²) in [5.41, 5.74) is 0.729. The van der Waals surface area contributed by atoms with Gasteiger partial charge in [-0.2, -0.15) is 0 Å². The summed E-state index contributed by atoms with van der Waals surface area (Å²) in [5.74, 6) is 1.11. The van der Waals surface area contributed by atoms with Crippen LogP contribution in [0.25, 0.3) is 0 Å². The minimum atomic E-state index is -0.424. The molecule has 1 N–H and O–H groups in total. The summed E-state index contributed by atoms with van der Waals surface area (Å²) in [6.07, 6.45) is 0. The van der Waals surface area contributed by atoms with Gasteiger partial charge < -0.3 is 19.5 Å². The lowest BCUT2D eigenvalue weighted by molar-refractivity contribution is -0.142. The second kappa shape index (κ2) is 6.87. The second-order valence-corrected chi connectivity index (χ2v) is 4.46. The van der Waals surface area contributed by atoms with Crippen LogP contribution >= 0.6 is 0 Å². The van der Waals surface area contributed by atoms with E-state index in [2.05, 4.69) is 5.32 Å². The Kier molecular flexibility index (Phi) is 5.48. The van der Waals surface area contributed by atoms with Crippen LogP contribution in [0.1, 0.15) is 13.8 Å². The number of carbonyl (C=O) groups excluding carboxylic acids is 1. The van der Waals surface area contributed by atoms with Gasteiger partial charge in [0, 0.05) is 6.07 Å². The molecule has 0 bridgehead atoms. The van der Waals surface area contributed by atoms with Crippen molar-refractivity contribution in [3.63, 3.8) is 0 Å². The van der Waals surface area contributed by atoms with Crippen LogP contribution in [0.4, 0.5) is 5.69 Å². The van der Waals surface area contributed by atoms with Crippen LogP contribution in [0.5, 0.6) is 11.5 Å². The number of anilines is 1.